The van der Waals surface area contributed by atoms with Gasteiger partial charge >= 0.3 is 0 Å². The fraction of sp³-hybridized carbons (Fsp3) is 0.421. The van der Waals surface area contributed by atoms with Crippen LogP contribution in [0.1, 0.15) is 12.8 Å². The Bertz CT molecular complexity index is 985. The van der Waals surface area contributed by atoms with E-state index in [9.17, 15) is 18.5 Å². The standard InChI is InChI=1S/C19H23N5O4S/c25-24(26)18-15-16(29(27,28)23-9-3-4-10-23)6-7-17(18)21-11-13-22(14-12-21)19-5-1-2-8-20-19/h1-2,5-8,15H,3-4,9-14H2. The maximum absolute atomic E-state index is 12.8. The summed E-state index contributed by atoms with van der Waals surface area (Å²) in [5.41, 5.74) is 0.285. The van der Waals surface area contributed by atoms with E-state index < -0.39 is 14.9 Å². The Morgan fingerprint density at radius 3 is 2.24 bits per heavy atom. The average Bonchev–Trinajstić information content (AvgIpc) is 3.30. The Kier molecular flexibility index (Phi) is 5.37. The average molecular weight is 417 g/mol. The normalized spacial score (nSPS) is 18.2. The van der Waals surface area contributed by atoms with Crippen LogP contribution < -0.4 is 9.80 Å². The number of nitrogens with zero attached hydrogens (tertiary/aromatic N) is 5. The van der Waals surface area contributed by atoms with Crippen LogP contribution in [0.4, 0.5) is 17.2 Å². The van der Waals surface area contributed by atoms with Crippen LogP contribution in [0, 0.1) is 10.1 Å². The number of aromatic nitrogens is 1. The molecule has 0 radical (unpaired) electrons. The van der Waals surface area contributed by atoms with Gasteiger partial charge in [-0.1, -0.05) is 6.07 Å². The predicted octanol–water partition coefficient (Wildman–Crippen LogP) is 2.10. The molecule has 0 aliphatic carbocycles. The lowest BCUT2D eigenvalue weighted by Crippen LogP contribution is -2.47. The van der Waals surface area contributed by atoms with Crippen LogP contribution in [0.2, 0.25) is 0 Å². The van der Waals surface area contributed by atoms with Gasteiger partial charge in [-0.2, -0.15) is 4.31 Å². The summed E-state index contributed by atoms with van der Waals surface area (Å²) in [6.07, 6.45) is 3.38. The molecule has 2 aliphatic rings. The zero-order chi connectivity index (χ0) is 20.4. The third kappa shape index (κ3) is 3.90. The second kappa shape index (κ2) is 7.96. The minimum atomic E-state index is -3.69. The Hall–Kier alpha value is -2.72. The second-order valence-electron chi connectivity index (χ2n) is 7.18. The maximum atomic E-state index is 12.8. The molecule has 4 rings (SSSR count). The van der Waals surface area contributed by atoms with E-state index in [1.54, 1.807) is 12.3 Å². The van der Waals surface area contributed by atoms with Gasteiger partial charge < -0.3 is 9.80 Å². The summed E-state index contributed by atoms with van der Waals surface area (Å²) in [6, 6.07) is 9.99. The molecule has 2 aromatic rings. The monoisotopic (exact) mass is 417 g/mol. The molecule has 0 N–H and O–H groups in total. The highest BCUT2D eigenvalue weighted by atomic mass is 32.2. The summed E-state index contributed by atoms with van der Waals surface area (Å²) >= 11 is 0. The number of anilines is 2. The van der Waals surface area contributed by atoms with Gasteiger partial charge in [0.15, 0.2) is 0 Å². The molecular weight excluding hydrogens is 394 g/mol. The highest BCUT2D eigenvalue weighted by Crippen LogP contribution is 2.33. The van der Waals surface area contributed by atoms with Gasteiger partial charge in [0.1, 0.15) is 11.5 Å². The lowest BCUT2D eigenvalue weighted by Gasteiger charge is -2.36. The van der Waals surface area contributed by atoms with Crippen molar-refractivity contribution in [1.82, 2.24) is 9.29 Å². The largest absolute Gasteiger partial charge is 0.362 e. The third-order valence-corrected chi connectivity index (χ3v) is 7.33. The fourth-order valence-corrected chi connectivity index (χ4v) is 5.41. The van der Waals surface area contributed by atoms with Gasteiger partial charge in [-0.05, 0) is 37.1 Å². The molecule has 154 valence electrons. The van der Waals surface area contributed by atoms with Gasteiger partial charge in [-0.25, -0.2) is 13.4 Å². The van der Waals surface area contributed by atoms with Gasteiger partial charge in [0.05, 0.1) is 9.82 Å². The molecule has 29 heavy (non-hydrogen) atoms. The molecule has 10 heteroatoms. The number of pyridine rings is 1. The van der Waals surface area contributed by atoms with Crippen LogP contribution >= 0.6 is 0 Å². The van der Waals surface area contributed by atoms with Crippen molar-refractivity contribution in [2.24, 2.45) is 0 Å². The molecule has 2 fully saturated rings. The fourth-order valence-electron chi connectivity index (χ4n) is 3.87. The smallest absolute Gasteiger partial charge is 0.293 e. The van der Waals surface area contributed by atoms with Crippen molar-refractivity contribution in [2.75, 3.05) is 49.1 Å². The first-order chi connectivity index (χ1) is 14.0. The first-order valence-electron chi connectivity index (χ1n) is 9.66. The van der Waals surface area contributed by atoms with Crippen molar-refractivity contribution < 1.29 is 13.3 Å². The lowest BCUT2D eigenvalue weighted by molar-refractivity contribution is -0.384. The Labute approximate surface area is 169 Å². The summed E-state index contributed by atoms with van der Waals surface area (Å²) in [7, 11) is -3.69. The molecule has 2 saturated heterocycles. The highest BCUT2D eigenvalue weighted by Gasteiger charge is 2.31. The molecule has 0 saturated carbocycles. The van der Waals surface area contributed by atoms with E-state index in [1.165, 1.54) is 16.4 Å². The van der Waals surface area contributed by atoms with Crippen LogP contribution in [0.15, 0.2) is 47.5 Å². The van der Waals surface area contributed by atoms with Gasteiger partial charge in [-0.3, -0.25) is 10.1 Å². The van der Waals surface area contributed by atoms with Crippen LogP contribution in [0.3, 0.4) is 0 Å². The van der Waals surface area contributed by atoms with Crippen molar-refractivity contribution in [3.63, 3.8) is 0 Å². The third-order valence-electron chi connectivity index (χ3n) is 5.44. The molecule has 0 spiro atoms. The summed E-state index contributed by atoms with van der Waals surface area (Å²) in [5, 5.41) is 11.7. The topological polar surface area (TPSA) is 99.9 Å². The molecule has 1 aromatic carbocycles. The first kappa shape index (κ1) is 19.6. The molecule has 2 aliphatic heterocycles. The van der Waals surface area contributed by atoms with E-state index >= 15 is 0 Å². The summed E-state index contributed by atoms with van der Waals surface area (Å²) < 4.78 is 26.9. The quantitative estimate of drug-likeness (QED) is 0.542. The predicted molar refractivity (Wildman–Crippen MR) is 110 cm³/mol. The number of nitro benzene ring substituents is 1. The zero-order valence-corrected chi connectivity index (χ0v) is 16.8. The van der Waals surface area contributed by atoms with E-state index in [1.807, 2.05) is 23.1 Å². The van der Waals surface area contributed by atoms with E-state index in [0.29, 0.717) is 45.0 Å². The zero-order valence-electron chi connectivity index (χ0n) is 16.0. The molecule has 3 heterocycles. The number of hydrogen-bond donors (Lipinski definition) is 0. The minimum absolute atomic E-state index is 0.0121. The van der Waals surface area contributed by atoms with Gasteiger partial charge in [-0.15, -0.1) is 0 Å². The SMILES string of the molecule is O=[N+]([O-])c1cc(S(=O)(=O)N2CCCC2)ccc1N1CCN(c2ccccn2)CC1. The molecule has 9 nitrogen and oxygen atoms in total. The molecule has 1 aromatic heterocycles. The van der Waals surface area contributed by atoms with Crippen molar-refractivity contribution in [1.29, 1.82) is 0 Å². The van der Waals surface area contributed by atoms with Crippen LogP contribution in [0.5, 0.6) is 0 Å². The molecule has 0 bridgehead atoms. The molecular formula is C19H23N5O4S. The van der Waals surface area contributed by atoms with E-state index in [-0.39, 0.29) is 10.6 Å². The number of piperazine rings is 1. The second-order valence-corrected chi connectivity index (χ2v) is 9.12. The van der Waals surface area contributed by atoms with Crippen molar-refractivity contribution in [2.45, 2.75) is 17.7 Å². The highest BCUT2D eigenvalue weighted by molar-refractivity contribution is 7.89. The van der Waals surface area contributed by atoms with Gasteiger partial charge in [0.2, 0.25) is 10.0 Å². The lowest BCUT2D eigenvalue weighted by atomic mass is 10.2. The van der Waals surface area contributed by atoms with Gasteiger partial charge in [0, 0.05) is 51.5 Å². The van der Waals surface area contributed by atoms with Crippen LogP contribution in [-0.2, 0) is 10.0 Å². The van der Waals surface area contributed by atoms with E-state index in [0.717, 1.165) is 18.7 Å². The number of nitro groups is 1. The van der Waals surface area contributed by atoms with Crippen molar-refractivity contribution >= 4 is 27.2 Å². The Morgan fingerprint density at radius 1 is 0.931 bits per heavy atom. The van der Waals surface area contributed by atoms with Gasteiger partial charge in [0.25, 0.3) is 5.69 Å². The first-order valence-corrected chi connectivity index (χ1v) is 11.1. The van der Waals surface area contributed by atoms with Crippen LogP contribution in [-0.4, -0.2) is 61.9 Å². The number of rotatable bonds is 5. The molecule has 0 atom stereocenters. The number of hydrogen-bond acceptors (Lipinski definition) is 7. The van der Waals surface area contributed by atoms with Crippen molar-refractivity contribution in [3.05, 3.63) is 52.7 Å². The molecule has 0 unspecified atom stereocenters. The summed E-state index contributed by atoms with van der Waals surface area (Å²) in [4.78, 5) is 19.6. The summed E-state index contributed by atoms with van der Waals surface area (Å²) in [5.74, 6) is 0.883. The Morgan fingerprint density at radius 2 is 1.62 bits per heavy atom. The van der Waals surface area contributed by atoms with E-state index in [2.05, 4.69) is 9.88 Å². The molecule has 0 amide bonds. The van der Waals surface area contributed by atoms with E-state index in [4.69, 9.17) is 0 Å². The maximum Gasteiger partial charge on any atom is 0.293 e. The summed E-state index contributed by atoms with van der Waals surface area (Å²) in [6.45, 7) is 3.48. The minimum Gasteiger partial charge on any atom is -0.362 e. The van der Waals surface area contributed by atoms with Crippen molar-refractivity contribution in [3.8, 4) is 0 Å². The Balaban J connectivity index is 1.56. The number of benzene rings is 1. The number of sulfonamides is 1. The van der Waals surface area contributed by atoms with Crippen LogP contribution in [0.25, 0.3) is 0 Å².